The molecule has 6 heteroatoms. The molecule has 1 atom stereocenters. The number of carboxylic acid groups (broad SMARTS) is 1. The first kappa shape index (κ1) is 14.5. The van der Waals surface area contributed by atoms with Crippen LogP contribution in [0.1, 0.15) is 42.3 Å². The third-order valence-electron chi connectivity index (χ3n) is 4.55. The van der Waals surface area contributed by atoms with Gasteiger partial charge in [-0.15, -0.1) is 11.3 Å². The van der Waals surface area contributed by atoms with Crippen molar-refractivity contribution in [2.45, 2.75) is 44.4 Å². The number of carbonyl (C=O) groups is 2. The van der Waals surface area contributed by atoms with E-state index in [2.05, 4.69) is 6.92 Å². The summed E-state index contributed by atoms with van der Waals surface area (Å²) in [5.41, 5.74) is -0.726. The summed E-state index contributed by atoms with van der Waals surface area (Å²) in [6.45, 7) is 2.27. The molecule has 1 spiro atoms. The highest BCUT2D eigenvalue weighted by Gasteiger charge is 2.53. The fourth-order valence-corrected chi connectivity index (χ4v) is 3.95. The Morgan fingerprint density at radius 3 is 2.71 bits per heavy atom. The molecular formula is C15H19NO4S. The lowest BCUT2D eigenvalue weighted by Gasteiger charge is -2.42. The van der Waals surface area contributed by atoms with Gasteiger partial charge in [-0.25, -0.2) is 4.79 Å². The molecule has 0 radical (unpaired) electrons. The highest BCUT2D eigenvalue weighted by Crippen LogP contribution is 2.43. The zero-order chi connectivity index (χ0) is 15.0. The Morgan fingerprint density at radius 2 is 2.14 bits per heavy atom. The first-order chi connectivity index (χ1) is 10.0. The standard InChI is InChI=1S/C15H19NO4S/c1-10-4-6-15(7-5-10)16(11(9-20-15)14(18)19)13(17)12-3-2-8-21-12/h2-3,8,10-11H,4-7,9H2,1H3,(H,18,19)/t10?,11-,15?/m0/s1. The van der Waals surface area contributed by atoms with Gasteiger partial charge in [0, 0.05) is 0 Å². The van der Waals surface area contributed by atoms with Crippen molar-refractivity contribution in [2.75, 3.05) is 6.61 Å². The van der Waals surface area contributed by atoms with Crippen LogP contribution in [0.3, 0.4) is 0 Å². The van der Waals surface area contributed by atoms with Crippen LogP contribution in [0.4, 0.5) is 0 Å². The molecule has 1 N–H and O–H groups in total. The molecule has 1 aliphatic carbocycles. The minimum Gasteiger partial charge on any atom is -0.480 e. The van der Waals surface area contributed by atoms with E-state index in [1.165, 1.54) is 16.2 Å². The van der Waals surface area contributed by atoms with Crippen LogP contribution in [0.25, 0.3) is 0 Å². The smallest absolute Gasteiger partial charge is 0.328 e. The average Bonchev–Trinajstić information content (AvgIpc) is 3.10. The maximum atomic E-state index is 12.8. The second-order valence-electron chi connectivity index (χ2n) is 5.95. The van der Waals surface area contributed by atoms with E-state index in [0.29, 0.717) is 10.8 Å². The van der Waals surface area contributed by atoms with E-state index in [1.54, 1.807) is 12.1 Å². The van der Waals surface area contributed by atoms with E-state index in [0.717, 1.165) is 25.7 Å². The second-order valence-corrected chi connectivity index (χ2v) is 6.89. The van der Waals surface area contributed by atoms with E-state index < -0.39 is 17.7 Å². The SMILES string of the molecule is CC1CCC2(CC1)OC[C@@H](C(=O)O)N2C(=O)c1cccs1. The van der Waals surface area contributed by atoms with E-state index >= 15 is 0 Å². The molecule has 21 heavy (non-hydrogen) atoms. The predicted molar refractivity (Wildman–Crippen MR) is 78.2 cm³/mol. The molecule has 3 rings (SSSR count). The fourth-order valence-electron chi connectivity index (χ4n) is 3.29. The number of hydrogen-bond donors (Lipinski definition) is 1. The third kappa shape index (κ3) is 2.46. The molecule has 1 aliphatic heterocycles. The van der Waals surface area contributed by atoms with Crippen LogP contribution < -0.4 is 0 Å². The summed E-state index contributed by atoms with van der Waals surface area (Å²) in [5, 5.41) is 11.3. The molecule has 2 aliphatic rings. The highest BCUT2D eigenvalue weighted by atomic mass is 32.1. The monoisotopic (exact) mass is 309 g/mol. The maximum Gasteiger partial charge on any atom is 0.328 e. The number of rotatable bonds is 2. The van der Waals surface area contributed by atoms with Gasteiger partial charge in [-0.2, -0.15) is 0 Å². The number of nitrogens with zero attached hydrogens (tertiary/aromatic N) is 1. The molecule has 1 aromatic heterocycles. The molecule has 1 amide bonds. The largest absolute Gasteiger partial charge is 0.480 e. The van der Waals surface area contributed by atoms with Crippen LogP contribution in [-0.4, -0.2) is 40.3 Å². The van der Waals surface area contributed by atoms with Gasteiger partial charge < -0.3 is 9.84 Å². The minimum atomic E-state index is -0.990. The van der Waals surface area contributed by atoms with Gasteiger partial charge in [0.1, 0.15) is 5.72 Å². The maximum absolute atomic E-state index is 12.8. The van der Waals surface area contributed by atoms with Crippen LogP contribution in [0.5, 0.6) is 0 Å². The van der Waals surface area contributed by atoms with Crippen molar-refractivity contribution in [3.05, 3.63) is 22.4 Å². The van der Waals surface area contributed by atoms with Crippen molar-refractivity contribution in [1.82, 2.24) is 4.90 Å². The summed E-state index contributed by atoms with van der Waals surface area (Å²) in [5.74, 6) is -0.610. The molecule has 114 valence electrons. The molecule has 0 bridgehead atoms. The summed E-state index contributed by atoms with van der Waals surface area (Å²) in [6.07, 6.45) is 3.35. The number of aliphatic carboxylic acids is 1. The Balaban J connectivity index is 1.93. The van der Waals surface area contributed by atoms with Crippen LogP contribution in [-0.2, 0) is 9.53 Å². The summed E-state index contributed by atoms with van der Waals surface area (Å²) >= 11 is 1.34. The van der Waals surface area contributed by atoms with E-state index in [-0.39, 0.29) is 12.5 Å². The Hall–Kier alpha value is -1.40. The summed E-state index contributed by atoms with van der Waals surface area (Å²) in [4.78, 5) is 26.3. The molecule has 1 saturated heterocycles. The van der Waals surface area contributed by atoms with Gasteiger partial charge in [-0.1, -0.05) is 13.0 Å². The number of ether oxygens (including phenoxy) is 1. The van der Waals surface area contributed by atoms with Gasteiger partial charge in [-0.3, -0.25) is 9.69 Å². The van der Waals surface area contributed by atoms with Crippen LogP contribution in [0.15, 0.2) is 17.5 Å². The normalized spacial score (nSPS) is 32.5. The lowest BCUT2D eigenvalue weighted by molar-refractivity contribution is -0.143. The van der Waals surface area contributed by atoms with Crippen LogP contribution in [0.2, 0.25) is 0 Å². The highest BCUT2D eigenvalue weighted by molar-refractivity contribution is 7.12. The molecule has 0 unspecified atom stereocenters. The zero-order valence-corrected chi connectivity index (χ0v) is 12.8. The first-order valence-corrected chi connectivity index (χ1v) is 8.15. The van der Waals surface area contributed by atoms with Crippen molar-refractivity contribution < 1.29 is 19.4 Å². The van der Waals surface area contributed by atoms with Gasteiger partial charge in [0.25, 0.3) is 5.91 Å². The third-order valence-corrected chi connectivity index (χ3v) is 5.41. The summed E-state index contributed by atoms with van der Waals surface area (Å²) in [6, 6.07) is 2.66. The minimum absolute atomic E-state index is 0.0842. The summed E-state index contributed by atoms with van der Waals surface area (Å²) < 4.78 is 5.86. The molecule has 1 aromatic rings. The van der Waals surface area contributed by atoms with E-state index in [9.17, 15) is 14.7 Å². The topological polar surface area (TPSA) is 66.8 Å². The van der Waals surface area contributed by atoms with Crippen molar-refractivity contribution in [3.63, 3.8) is 0 Å². The number of amides is 1. The molecule has 1 saturated carbocycles. The molecule has 0 aromatic carbocycles. The van der Waals surface area contributed by atoms with Crippen LogP contribution >= 0.6 is 11.3 Å². The fraction of sp³-hybridized carbons (Fsp3) is 0.600. The average molecular weight is 309 g/mol. The number of carboxylic acids is 1. The Morgan fingerprint density at radius 1 is 1.43 bits per heavy atom. The Bertz CT molecular complexity index is 534. The summed E-state index contributed by atoms with van der Waals surface area (Å²) in [7, 11) is 0. The molecule has 2 heterocycles. The lowest BCUT2D eigenvalue weighted by atomic mass is 9.83. The molecule has 2 fully saturated rings. The van der Waals surface area contributed by atoms with Crippen LogP contribution in [0, 0.1) is 5.92 Å². The Labute approximate surface area is 127 Å². The van der Waals surface area contributed by atoms with Crippen molar-refractivity contribution in [3.8, 4) is 0 Å². The van der Waals surface area contributed by atoms with Gasteiger partial charge in [0.15, 0.2) is 6.04 Å². The van der Waals surface area contributed by atoms with E-state index in [4.69, 9.17) is 4.74 Å². The van der Waals surface area contributed by atoms with Crippen molar-refractivity contribution in [2.24, 2.45) is 5.92 Å². The van der Waals surface area contributed by atoms with Gasteiger partial charge in [-0.05, 0) is 43.0 Å². The Kier molecular flexibility index (Phi) is 3.75. The van der Waals surface area contributed by atoms with Gasteiger partial charge in [0.2, 0.25) is 0 Å². The number of hydrogen-bond acceptors (Lipinski definition) is 4. The van der Waals surface area contributed by atoms with Crippen molar-refractivity contribution in [1.29, 1.82) is 0 Å². The first-order valence-electron chi connectivity index (χ1n) is 7.27. The van der Waals surface area contributed by atoms with Gasteiger partial charge in [0.05, 0.1) is 11.5 Å². The van der Waals surface area contributed by atoms with Crippen molar-refractivity contribution >= 4 is 23.2 Å². The van der Waals surface area contributed by atoms with Gasteiger partial charge >= 0.3 is 5.97 Å². The second kappa shape index (κ2) is 5.42. The number of thiophene rings is 1. The lowest BCUT2D eigenvalue weighted by Crippen LogP contribution is -2.54. The molecular weight excluding hydrogens is 290 g/mol. The predicted octanol–water partition coefficient (Wildman–Crippen LogP) is 2.58. The van der Waals surface area contributed by atoms with E-state index in [1.807, 2.05) is 5.38 Å². The molecule has 5 nitrogen and oxygen atoms in total. The quantitative estimate of drug-likeness (QED) is 0.912. The number of carbonyl (C=O) groups excluding carboxylic acids is 1. The zero-order valence-electron chi connectivity index (χ0n) is 11.9.